The molecule has 5 heteroatoms. The van der Waals surface area contributed by atoms with Crippen LogP contribution in [0.3, 0.4) is 0 Å². The van der Waals surface area contributed by atoms with E-state index in [0.717, 1.165) is 13.0 Å². The number of nitrogens with two attached hydrogens (primary N) is 1. The Balaban J connectivity index is 2.13. The average molecular weight is 249 g/mol. The third-order valence-corrected chi connectivity index (χ3v) is 3.73. The molecule has 5 nitrogen and oxygen atoms in total. The van der Waals surface area contributed by atoms with Crippen molar-refractivity contribution in [2.24, 2.45) is 17.6 Å². The number of rotatable bonds is 2. The number of nitrogens with zero attached hydrogens (tertiary/aromatic N) is 2. The van der Waals surface area contributed by atoms with Crippen molar-refractivity contribution in [3.8, 4) is 5.75 Å². The van der Waals surface area contributed by atoms with Crippen LogP contribution in [-0.2, 0) is 0 Å². The van der Waals surface area contributed by atoms with Gasteiger partial charge in [-0.2, -0.15) is 0 Å². The number of carbonyl (C=O) groups is 1. The Labute approximate surface area is 107 Å². The maximum absolute atomic E-state index is 12.3. The number of likely N-dealkylation sites (tertiary alicyclic amines) is 1. The number of aromatic nitrogens is 1. The summed E-state index contributed by atoms with van der Waals surface area (Å²) in [6.45, 7) is 4.15. The molecule has 2 rings (SSSR count). The minimum atomic E-state index is -0.139. The van der Waals surface area contributed by atoms with E-state index in [1.165, 1.54) is 12.4 Å². The zero-order valence-corrected chi connectivity index (χ0v) is 10.5. The number of aromatic hydroxyl groups is 1. The van der Waals surface area contributed by atoms with Gasteiger partial charge >= 0.3 is 0 Å². The van der Waals surface area contributed by atoms with E-state index in [1.54, 1.807) is 11.0 Å². The lowest BCUT2D eigenvalue weighted by Crippen LogP contribution is -2.45. The van der Waals surface area contributed by atoms with Gasteiger partial charge in [-0.1, -0.05) is 6.92 Å². The van der Waals surface area contributed by atoms with E-state index in [4.69, 9.17) is 5.73 Å². The first kappa shape index (κ1) is 12.8. The largest absolute Gasteiger partial charge is 0.505 e. The third kappa shape index (κ3) is 2.46. The van der Waals surface area contributed by atoms with Gasteiger partial charge in [-0.25, -0.2) is 0 Å². The smallest absolute Gasteiger partial charge is 0.257 e. The Morgan fingerprint density at radius 3 is 3.11 bits per heavy atom. The highest BCUT2D eigenvalue weighted by molar-refractivity contribution is 5.96. The van der Waals surface area contributed by atoms with Gasteiger partial charge < -0.3 is 15.7 Å². The molecule has 1 amide bonds. The van der Waals surface area contributed by atoms with E-state index in [0.29, 0.717) is 30.5 Å². The van der Waals surface area contributed by atoms with Crippen molar-refractivity contribution >= 4 is 5.91 Å². The monoisotopic (exact) mass is 249 g/mol. The third-order valence-electron chi connectivity index (χ3n) is 3.73. The van der Waals surface area contributed by atoms with Gasteiger partial charge in [0.1, 0.15) is 5.75 Å². The summed E-state index contributed by atoms with van der Waals surface area (Å²) in [4.78, 5) is 17.8. The van der Waals surface area contributed by atoms with Crippen LogP contribution in [0.4, 0.5) is 0 Å². The number of hydrogen-bond acceptors (Lipinski definition) is 4. The van der Waals surface area contributed by atoms with E-state index >= 15 is 0 Å². The molecule has 2 unspecified atom stereocenters. The van der Waals surface area contributed by atoms with Crippen LogP contribution >= 0.6 is 0 Å². The first-order chi connectivity index (χ1) is 8.63. The van der Waals surface area contributed by atoms with E-state index < -0.39 is 0 Å². The molecule has 0 spiro atoms. The maximum atomic E-state index is 12.3. The van der Waals surface area contributed by atoms with Crippen LogP contribution in [-0.4, -0.2) is 40.5 Å². The van der Waals surface area contributed by atoms with Crippen molar-refractivity contribution in [3.05, 3.63) is 24.0 Å². The molecule has 98 valence electrons. The molecule has 0 bridgehead atoms. The summed E-state index contributed by atoms with van der Waals surface area (Å²) in [6.07, 6.45) is 3.76. The molecule has 1 aromatic rings. The van der Waals surface area contributed by atoms with Crippen LogP contribution in [0.2, 0.25) is 0 Å². The van der Waals surface area contributed by atoms with Gasteiger partial charge in [-0.15, -0.1) is 0 Å². The summed E-state index contributed by atoms with van der Waals surface area (Å²) in [5, 5.41) is 9.65. The van der Waals surface area contributed by atoms with Gasteiger partial charge in [0.15, 0.2) is 0 Å². The zero-order valence-electron chi connectivity index (χ0n) is 10.5. The van der Waals surface area contributed by atoms with Crippen molar-refractivity contribution in [3.63, 3.8) is 0 Å². The summed E-state index contributed by atoms with van der Waals surface area (Å²) >= 11 is 0. The molecule has 2 heterocycles. The molecule has 0 aliphatic carbocycles. The Hall–Kier alpha value is -1.62. The highest BCUT2D eigenvalue weighted by Crippen LogP contribution is 2.25. The van der Waals surface area contributed by atoms with Crippen LogP contribution in [0.15, 0.2) is 18.5 Å². The number of pyridine rings is 1. The molecule has 0 saturated carbocycles. The molecule has 0 aromatic carbocycles. The van der Waals surface area contributed by atoms with Gasteiger partial charge in [0.2, 0.25) is 0 Å². The lowest BCUT2D eigenvalue weighted by Gasteiger charge is -2.36. The molecule has 3 N–H and O–H groups in total. The lowest BCUT2D eigenvalue weighted by atomic mass is 9.87. The van der Waals surface area contributed by atoms with Gasteiger partial charge in [-0.3, -0.25) is 9.78 Å². The Bertz CT molecular complexity index is 436. The second-order valence-corrected chi connectivity index (χ2v) is 4.91. The highest BCUT2D eigenvalue weighted by atomic mass is 16.3. The second-order valence-electron chi connectivity index (χ2n) is 4.91. The van der Waals surface area contributed by atoms with Crippen molar-refractivity contribution < 1.29 is 9.90 Å². The van der Waals surface area contributed by atoms with Crippen LogP contribution in [0, 0.1) is 11.8 Å². The van der Waals surface area contributed by atoms with Crippen molar-refractivity contribution in [2.75, 3.05) is 19.6 Å². The van der Waals surface area contributed by atoms with Crippen LogP contribution < -0.4 is 5.73 Å². The Kier molecular flexibility index (Phi) is 3.81. The van der Waals surface area contributed by atoms with Crippen molar-refractivity contribution in [2.45, 2.75) is 13.3 Å². The van der Waals surface area contributed by atoms with E-state index in [1.807, 2.05) is 0 Å². The fourth-order valence-corrected chi connectivity index (χ4v) is 2.38. The first-order valence-corrected chi connectivity index (χ1v) is 6.25. The number of hydrogen-bond donors (Lipinski definition) is 2. The fraction of sp³-hybridized carbons (Fsp3) is 0.538. The van der Waals surface area contributed by atoms with Crippen LogP contribution in [0.1, 0.15) is 23.7 Å². The van der Waals surface area contributed by atoms with Gasteiger partial charge in [0.25, 0.3) is 5.91 Å². The van der Waals surface area contributed by atoms with Crippen LogP contribution in [0.5, 0.6) is 5.75 Å². The number of amides is 1. The lowest BCUT2D eigenvalue weighted by molar-refractivity contribution is 0.0615. The summed E-state index contributed by atoms with van der Waals surface area (Å²) in [6, 6.07) is 1.55. The minimum absolute atomic E-state index is 0.0644. The molecule has 1 aliphatic rings. The first-order valence-electron chi connectivity index (χ1n) is 6.25. The van der Waals surface area contributed by atoms with Gasteiger partial charge in [-0.05, 0) is 30.9 Å². The van der Waals surface area contributed by atoms with E-state index in [-0.39, 0.29) is 11.7 Å². The standard InChI is InChI=1S/C13H19N3O2/c1-9-3-5-16(8-10(9)6-14)13(18)11-2-4-15-7-12(11)17/h2,4,7,9-10,17H,3,5-6,8,14H2,1H3. The predicted molar refractivity (Wildman–Crippen MR) is 68.1 cm³/mol. The summed E-state index contributed by atoms with van der Waals surface area (Å²) < 4.78 is 0. The van der Waals surface area contributed by atoms with E-state index in [2.05, 4.69) is 11.9 Å². The molecule has 1 saturated heterocycles. The molecule has 0 radical (unpaired) electrons. The molecule has 2 atom stereocenters. The van der Waals surface area contributed by atoms with E-state index in [9.17, 15) is 9.90 Å². The molecule has 1 fully saturated rings. The van der Waals surface area contributed by atoms with Crippen molar-refractivity contribution in [1.82, 2.24) is 9.88 Å². The number of piperidine rings is 1. The summed E-state index contributed by atoms with van der Waals surface area (Å²) in [5.74, 6) is 0.683. The van der Waals surface area contributed by atoms with Gasteiger partial charge in [0, 0.05) is 19.3 Å². The quantitative estimate of drug-likeness (QED) is 0.814. The Morgan fingerprint density at radius 1 is 1.67 bits per heavy atom. The summed E-state index contributed by atoms with van der Waals surface area (Å²) in [5.41, 5.74) is 6.04. The minimum Gasteiger partial charge on any atom is -0.505 e. The average Bonchev–Trinajstić information content (AvgIpc) is 2.39. The molecule has 1 aliphatic heterocycles. The van der Waals surface area contributed by atoms with Crippen LogP contribution in [0.25, 0.3) is 0 Å². The normalized spacial score (nSPS) is 24.0. The highest BCUT2D eigenvalue weighted by Gasteiger charge is 2.29. The molecular weight excluding hydrogens is 230 g/mol. The number of carbonyl (C=O) groups excluding carboxylic acids is 1. The SMILES string of the molecule is CC1CCN(C(=O)c2ccncc2O)CC1CN. The zero-order chi connectivity index (χ0) is 13.1. The Morgan fingerprint density at radius 2 is 2.44 bits per heavy atom. The van der Waals surface area contributed by atoms with Gasteiger partial charge in [0.05, 0.1) is 11.8 Å². The molecular formula is C13H19N3O2. The van der Waals surface area contributed by atoms with Crippen molar-refractivity contribution in [1.29, 1.82) is 0 Å². The summed E-state index contributed by atoms with van der Waals surface area (Å²) in [7, 11) is 0. The predicted octanol–water partition coefficient (Wildman–Crippen LogP) is 0.844. The second kappa shape index (κ2) is 5.35. The fourth-order valence-electron chi connectivity index (χ4n) is 2.38. The topological polar surface area (TPSA) is 79.5 Å². The molecule has 1 aromatic heterocycles. The maximum Gasteiger partial charge on any atom is 0.257 e. The molecule has 18 heavy (non-hydrogen) atoms.